The fourth-order valence-electron chi connectivity index (χ4n) is 1.42. The van der Waals surface area contributed by atoms with E-state index in [1.807, 2.05) is 6.92 Å². The van der Waals surface area contributed by atoms with Crippen molar-refractivity contribution in [3.8, 4) is 0 Å². The molecule has 0 aliphatic carbocycles. The molecule has 2 aromatic heterocycles. The van der Waals surface area contributed by atoms with Crippen LogP contribution in [-0.2, 0) is 0 Å². The largest absolute Gasteiger partial charge is 0.382 e. The molecule has 6 N–H and O–H groups in total. The summed E-state index contributed by atoms with van der Waals surface area (Å²) < 4.78 is 3.90. The molecule has 90 valence electrons. The van der Waals surface area contributed by atoms with Gasteiger partial charge in [-0.25, -0.2) is 0 Å². The van der Waals surface area contributed by atoms with Crippen LogP contribution in [0.5, 0.6) is 0 Å². The molecule has 2 rings (SSSR count). The maximum atomic E-state index is 11.2. The van der Waals surface area contributed by atoms with Crippen LogP contribution >= 0.6 is 11.5 Å². The van der Waals surface area contributed by atoms with E-state index in [0.29, 0.717) is 5.00 Å². The Morgan fingerprint density at radius 1 is 1.65 bits per heavy atom. The second-order valence-electron chi connectivity index (χ2n) is 3.53. The predicted molar refractivity (Wildman–Crippen MR) is 65.7 cm³/mol. The van der Waals surface area contributed by atoms with Gasteiger partial charge in [0.1, 0.15) is 10.6 Å². The first-order valence-corrected chi connectivity index (χ1v) is 5.67. The molecule has 0 aliphatic rings. The van der Waals surface area contributed by atoms with Crippen molar-refractivity contribution in [2.75, 3.05) is 11.1 Å². The van der Waals surface area contributed by atoms with Crippen LogP contribution in [0.3, 0.4) is 0 Å². The van der Waals surface area contributed by atoms with E-state index in [0.717, 1.165) is 17.1 Å². The van der Waals surface area contributed by atoms with Gasteiger partial charge >= 0.3 is 0 Å². The van der Waals surface area contributed by atoms with Crippen molar-refractivity contribution in [2.45, 2.75) is 13.0 Å². The number of nitrogen functional groups attached to an aromatic ring is 1. The molecule has 0 aromatic carbocycles. The first-order valence-electron chi connectivity index (χ1n) is 4.89. The molecule has 0 fully saturated rings. The number of carbonyl (C=O) groups excluding carboxylic acids is 1. The van der Waals surface area contributed by atoms with Gasteiger partial charge in [0.2, 0.25) is 0 Å². The van der Waals surface area contributed by atoms with Crippen LogP contribution in [0.4, 0.5) is 10.8 Å². The summed E-state index contributed by atoms with van der Waals surface area (Å²) in [5.41, 5.74) is 12.0. The molecule has 17 heavy (non-hydrogen) atoms. The zero-order valence-corrected chi connectivity index (χ0v) is 9.91. The molecule has 2 heterocycles. The van der Waals surface area contributed by atoms with Crippen molar-refractivity contribution < 1.29 is 4.79 Å². The molecule has 0 radical (unpaired) electrons. The molecule has 1 amide bonds. The molecule has 0 aliphatic heterocycles. The Hall–Kier alpha value is -2.09. The highest BCUT2D eigenvalue weighted by Gasteiger charge is 2.18. The summed E-state index contributed by atoms with van der Waals surface area (Å²) in [5.74, 6) is -0.428. The van der Waals surface area contributed by atoms with Gasteiger partial charge in [0, 0.05) is 11.8 Å². The molecule has 0 bridgehead atoms. The number of hydrogen-bond acceptors (Lipinski definition) is 6. The minimum Gasteiger partial charge on any atom is -0.382 e. The molecular formula is C9H12N6OS. The Balaban J connectivity index is 2.22. The number of anilines is 2. The highest BCUT2D eigenvalue weighted by molar-refractivity contribution is 7.11. The van der Waals surface area contributed by atoms with Crippen molar-refractivity contribution in [3.63, 3.8) is 0 Å². The van der Waals surface area contributed by atoms with Gasteiger partial charge < -0.3 is 16.8 Å². The number of H-pyrrole nitrogens is 1. The van der Waals surface area contributed by atoms with Crippen LogP contribution in [0.1, 0.15) is 28.9 Å². The van der Waals surface area contributed by atoms with Crippen molar-refractivity contribution in [2.24, 2.45) is 5.73 Å². The number of nitrogens with one attached hydrogen (secondary N) is 2. The Morgan fingerprint density at radius 3 is 3.00 bits per heavy atom. The summed E-state index contributed by atoms with van der Waals surface area (Å²) in [4.78, 5) is 11.2. The fraction of sp³-hybridized carbons (Fsp3) is 0.222. The van der Waals surface area contributed by atoms with Crippen molar-refractivity contribution in [3.05, 3.63) is 23.5 Å². The lowest BCUT2D eigenvalue weighted by Crippen LogP contribution is -2.15. The monoisotopic (exact) mass is 252 g/mol. The van der Waals surface area contributed by atoms with Crippen molar-refractivity contribution in [1.29, 1.82) is 0 Å². The number of aromatic amines is 1. The third-order valence-electron chi connectivity index (χ3n) is 2.33. The average Bonchev–Trinajstić information content (AvgIpc) is 2.87. The van der Waals surface area contributed by atoms with E-state index >= 15 is 0 Å². The number of carbonyl (C=O) groups is 1. The molecule has 2 aromatic rings. The second-order valence-corrected chi connectivity index (χ2v) is 4.31. The maximum absolute atomic E-state index is 11.2. The van der Waals surface area contributed by atoms with Gasteiger partial charge in [0.25, 0.3) is 5.91 Å². The van der Waals surface area contributed by atoms with Crippen LogP contribution in [0.2, 0.25) is 0 Å². The molecule has 1 atom stereocenters. The summed E-state index contributed by atoms with van der Waals surface area (Å²) >= 11 is 1.11. The third-order valence-corrected chi connectivity index (χ3v) is 3.12. The molecule has 8 heteroatoms. The van der Waals surface area contributed by atoms with E-state index in [2.05, 4.69) is 19.9 Å². The van der Waals surface area contributed by atoms with Crippen molar-refractivity contribution >= 4 is 28.3 Å². The van der Waals surface area contributed by atoms with Gasteiger partial charge in [-0.15, -0.1) is 0 Å². The Labute approximate surface area is 101 Å². The topological polar surface area (TPSA) is 123 Å². The zero-order valence-electron chi connectivity index (χ0n) is 9.10. The van der Waals surface area contributed by atoms with Crippen LogP contribution in [0.15, 0.2) is 12.4 Å². The highest BCUT2D eigenvalue weighted by atomic mass is 32.1. The summed E-state index contributed by atoms with van der Waals surface area (Å²) in [6, 6.07) is -0.0216. The van der Waals surface area contributed by atoms with Gasteiger partial charge in [0.15, 0.2) is 5.82 Å². The number of nitrogens with two attached hydrogens (primary N) is 2. The van der Waals surface area contributed by atoms with E-state index < -0.39 is 5.91 Å². The maximum Gasteiger partial charge on any atom is 0.255 e. The SMILES string of the molecule is CC(Nc1snc(N)c1C(N)=O)c1cn[nH]c1. The number of aromatic nitrogens is 3. The first kappa shape index (κ1) is 11.4. The molecule has 7 nitrogen and oxygen atoms in total. The number of primary amides is 1. The lowest BCUT2D eigenvalue weighted by molar-refractivity contribution is 0.100. The standard InChI is InChI=1S/C9H12N6OS/c1-4(5-2-12-13-3-5)14-9-6(8(11)16)7(10)15-17-9/h2-4,14H,1H3,(H2,10,15)(H2,11,16)(H,12,13). The van der Waals surface area contributed by atoms with Gasteiger partial charge in [-0.05, 0) is 18.5 Å². The molecule has 0 saturated heterocycles. The van der Waals surface area contributed by atoms with Crippen molar-refractivity contribution in [1.82, 2.24) is 14.6 Å². The highest BCUT2D eigenvalue weighted by Crippen LogP contribution is 2.29. The minimum absolute atomic E-state index is 0.0216. The van der Waals surface area contributed by atoms with Crippen LogP contribution in [0.25, 0.3) is 0 Å². The minimum atomic E-state index is -0.585. The summed E-state index contributed by atoms with van der Waals surface area (Å²) in [5, 5.41) is 10.3. The smallest absolute Gasteiger partial charge is 0.255 e. The normalized spacial score (nSPS) is 12.3. The predicted octanol–water partition coefficient (Wildman–Crippen LogP) is 0.720. The Kier molecular flexibility index (Phi) is 2.96. The third kappa shape index (κ3) is 2.21. The van der Waals surface area contributed by atoms with E-state index in [4.69, 9.17) is 11.5 Å². The zero-order chi connectivity index (χ0) is 12.4. The lowest BCUT2D eigenvalue weighted by atomic mass is 10.2. The van der Waals surface area contributed by atoms with E-state index in [-0.39, 0.29) is 17.4 Å². The summed E-state index contributed by atoms with van der Waals surface area (Å²) in [6.45, 7) is 1.94. The number of rotatable bonds is 4. The van der Waals surface area contributed by atoms with Crippen LogP contribution < -0.4 is 16.8 Å². The first-order chi connectivity index (χ1) is 8.09. The molecule has 1 unspecified atom stereocenters. The van der Waals surface area contributed by atoms with Gasteiger partial charge in [-0.3, -0.25) is 9.89 Å². The second kappa shape index (κ2) is 4.42. The van der Waals surface area contributed by atoms with E-state index in [1.165, 1.54) is 0 Å². The Bertz CT molecular complexity index is 520. The summed E-state index contributed by atoms with van der Waals surface area (Å²) in [7, 11) is 0. The lowest BCUT2D eigenvalue weighted by Gasteiger charge is -2.12. The average molecular weight is 252 g/mol. The van der Waals surface area contributed by atoms with E-state index in [1.54, 1.807) is 12.4 Å². The Morgan fingerprint density at radius 2 is 2.41 bits per heavy atom. The fourth-order valence-corrected chi connectivity index (χ4v) is 2.22. The van der Waals surface area contributed by atoms with Gasteiger partial charge in [-0.2, -0.15) is 9.47 Å². The van der Waals surface area contributed by atoms with Gasteiger partial charge in [0.05, 0.1) is 12.2 Å². The number of nitrogens with zero attached hydrogens (tertiary/aromatic N) is 2. The quantitative estimate of drug-likeness (QED) is 0.638. The van der Waals surface area contributed by atoms with Crippen LogP contribution in [-0.4, -0.2) is 20.5 Å². The number of amides is 1. The van der Waals surface area contributed by atoms with E-state index in [9.17, 15) is 4.79 Å². The molecular weight excluding hydrogens is 240 g/mol. The molecule has 0 saturated carbocycles. The van der Waals surface area contributed by atoms with Gasteiger partial charge in [-0.1, -0.05) is 0 Å². The molecule has 0 spiro atoms. The van der Waals surface area contributed by atoms with Crippen LogP contribution in [0, 0.1) is 0 Å². The number of hydrogen-bond donors (Lipinski definition) is 4. The summed E-state index contributed by atoms with van der Waals surface area (Å²) in [6.07, 6.45) is 3.47.